The molecule has 1 aromatic rings. The normalized spacial score (nSPS) is 13.5. The van der Waals surface area contributed by atoms with Crippen molar-refractivity contribution in [3.8, 4) is 0 Å². The van der Waals surface area contributed by atoms with E-state index in [-0.39, 0.29) is 12.6 Å². The SMILES string of the molecule is CC(C)N(C)CCCCn1cncc1C(N)CO. The number of aliphatic hydroxyl groups excluding tert-OH is 1. The van der Waals surface area contributed by atoms with Crippen molar-refractivity contribution >= 4 is 0 Å². The third kappa shape index (κ3) is 4.40. The third-order valence-corrected chi connectivity index (χ3v) is 3.36. The van der Waals surface area contributed by atoms with Gasteiger partial charge >= 0.3 is 0 Å². The van der Waals surface area contributed by atoms with Gasteiger partial charge in [0.1, 0.15) is 0 Å². The maximum atomic E-state index is 9.06. The number of aromatic nitrogens is 2. The number of rotatable bonds is 8. The summed E-state index contributed by atoms with van der Waals surface area (Å²) in [5.74, 6) is 0. The molecule has 5 heteroatoms. The highest BCUT2D eigenvalue weighted by molar-refractivity contribution is 5.04. The lowest BCUT2D eigenvalue weighted by molar-refractivity contribution is 0.259. The molecule has 0 aliphatic carbocycles. The fourth-order valence-corrected chi connectivity index (χ4v) is 1.82. The molecule has 0 spiro atoms. The highest BCUT2D eigenvalue weighted by Gasteiger charge is 2.10. The first-order chi connectivity index (χ1) is 8.56. The van der Waals surface area contributed by atoms with E-state index in [0.29, 0.717) is 6.04 Å². The van der Waals surface area contributed by atoms with E-state index in [1.807, 2.05) is 4.57 Å². The van der Waals surface area contributed by atoms with Crippen LogP contribution in [0.15, 0.2) is 12.5 Å². The predicted molar refractivity (Wildman–Crippen MR) is 73.2 cm³/mol. The van der Waals surface area contributed by atoms with E-state index in [9.17, 15) is 0 Å². The Balaban J connectivity index is 2.33. The van der Waals surface area contributed by atoms with E-state index >= 15 is 0 Å². The predicted octanol–water partition coefficient (Wildman–Crippen LogP) is 0.996. The number of imidazole rings is 1. The molecule has 104 valence electrons. The van der Waals surface area contributed by atoms with E-state index in [4.69, 9.17) is 10.8 Å². The molecular formula is C13H26N4O. The zero-order chi connectivity index (χ0) is 13.5. The first-order valence-electron chi connectivity index (χ1n) is 6.63. The van der Waals surface area contributed by atoms with Gasteiger partial charge < -0.3 is 20.3 Å². The summed E-state index contributed by atoms with van der Waals surface area (Å²) in [4.78, 5) is 6.44. The Bertz CT molecular complexity index is 337. The van der Waals surface area contributed by atoms with Gasteiger partial charge in [-0.1, -0.05) is 0 Å². The second-order valence-corrected chi connectivity index (χ2v) is 5.08. The van der Waals surface area contributed by atoms with Gasteiger partial charge in [0.15, 0.2) is 0 Å². The molecule has 0 saturated carbocycles. The van der Waals surface area contributed by atoms with Gasteiger partial charge in [-0.25, -0.2) is 4.98 Å². The summed E-state index contributed by atoms with van der Waals surface area (Å²) >= 11 is 0. The van der Waals surface area contributed by atoms with Crippen molar-refractivity contribution < 1.29 is 5.11 Å². The summed E-state index contributed by atoms with van der Waals surface area (Å²) < 4.78 is 2.04. The van der Waals surface area contributed by atoms with Crippen LogP contribution in [0.5, 0.6) is 0 Å². The van der Waals surface area contributed by atoms with Crippen molar-refractivity contribution in [1.29, 1.82) is 0 Å². The molecule has 5 nitrogen and oxygen atoms in total. The maximum Gasteiger partial charge on any atom is 0.0948 e. The molecule has 1 atom stereocenters. The van der Waals surface area contributed by atoms with Gasteiger partial charge in [0.2, 0.25) is 0 Å². The minimum Gasteiger partial charge on any atom is -0.394 e. The Morgan fingerprint density at radius 1 is 1.44 bits per heavy atom. The number of nitrogens with zero attached hydrogens (tertiary/aromatic N) is 3. The highest BCUT2D eigenvalue weighted by Crippen LogP contribution is 2.10. The van der Waals surface area contributed by atoms with Crippen molar-refractivity contribution in [3.05, 3.63) is 18.2 Å². The lowest BCUT2D eigenvalue weighted by atomic mass is 10.2. The van der Waals surface area contributed by atoms with Crippen LogP contribution in [0.3, 0.4) is 0 Å². The fourth-order valence-electron chi connectivity index (χ4n) is 1.82. The van der Waals surface area contributed by atoms with Gasteiger partial charge in [-0.2, -0.15) is 0 Å². The van der Waals surface area contributed by atoms with Crippen molar-refractivity contribution in [2.45, 2.75) is 45.3 Å². The third-order valence-electron chi connectivity index (χ3n) is 3.36. The van der Waals surface area contributed by atoms with Gasteiger partial charge in [-0.05, 0) is 40.3 Å². The van der Waals surface area contributed by atoms with E-state index in [1.54, 1.807) is 12.5 Å². The summed E-state index contributed by atoms with van der Waals surface area (Å²) in [6, 6.07) is 0.266. The topological polar surface area (TPSA) is 67.3 Å². The molecule has 0 bridgehead atoms. The molecule has 0 amide bonds. The van der Waals surface area contributed by atoms with Crippen LogP contribution >= 0.6 is 0 Å². The van der Waals surface area contributed by atoms with Gasteiger partial charge in [0.25, 0.3) is 0 Å². The standard InChI is InChI=1S/C13H26N4O/c1-11(2)16(3)6-4-5-7-17-10-15-8-13(17)12(14)9-18/h8,10-12,18H,4-7,9,14H2,1-3H3. The van der Waals surface area contributed by atoms with Crippen LogP contribution in [0.2, 0.25) is 0 Å². The average molecular weight is 254 g/mol. The summed E-state index contributed by atoms with van der Waals surface area (Å²) in [5, 5.41) is 9.06. The molecule has 1 heterocycles. The molecule has 1 aromatic heterocycles. The lowest BCUT2D eigenvalue weighted by Gasteiger charge is -2.20. The van der Waals surface area contributed by atoms with Crippen LogP contribution in [0, 0.1) is 0 Å². The minimum absolute atomic E-state index is 0.0399. The molecule has 0 saturated heterocycles. The Morgan fingerprint density at radius 2 is 2.17 bits per heavy atom. The monoisotopic (exact) mass is 254 g/mol. The number of aryl methyl sites for hydroxylation is 1. The van der Waals surface area contributed by atoms with Crippen molar-refractivity contribution in [2.75, 3.05) is 20.2 Å². The number of unbranched alkanes of at least 4 members (excludes halogenated alkanes) is 1. The van der Waals surface area contributed by atoms with Gasteiger partial charge in [-0.15, -0.1) is 0 Å². The molecule has 0 aromatic carbocycles. The van der Waals surface area contributed by atoms with Crippen molar-refractivity contribution in [3.63, 3.8) is 0 Å². The second-order valence-electron chi connectivity index (χ2n) is 5.08. The van der Waals surface area contributed by atoms with Gasteiger partial charge in [0.05, 0.1) is 24.7 Å². The molecule has 3 N–H and O–H groups in total. The minimum atomic E-state index is -0.328. The molecule has 0 aliphatic rings. The first kappa shape index (κ1) is 15.1. The Hall–Kier alpha value is -0.910. The quantitative estimate of drug-likeness (QED) is 0.679. The van der Waals surface area contributed by atoms with E-state index in [0.717, 1.165) is 31.6 Å². The summed E-state index contributed by atoms with van der Waals surface area (Å²) in [6.45, 7) is 6.38. The van der Waals surface area contributed by atoms with E-state index in [1.165, 1.54) is 0 Å². The van der Waals surface area contributed by atoms with E-state index < -0.39 is 0 Å². The lowest BCUT2D eigenvalue weighted by Crippen LogP contribution is -2.27. The van der Waals surface area contributed by atoms with Crippen LogP contribution < -0.4 is 5.73 Å². The molecular weight excluding hydrogens is 228 g/mol. The highest BCUT2D eigenvalue weighted by atomic mass is 16.3. The van der Waals surface area contributed by atoms with Crippen LogP contribution in [0.1, 0.15) is 38.4 Å². The number of hydrogen-bond donors (Lipinski definition) is 2. The number of aliphatic hydroxyl groups is 1. The Morgan fingerprint density at radius 3 is 2.78 bits per heavy atom. The van der Waals surface area contributed by atoms with Crippen LogP contribution in [0.25, 0.3) is 0 Å². The Kier molecular flexibility index (Phi) is 6.32. The van der Waals surface area contributed by atoms with Crippen LogP contribution in [-0.2, 0) is 6.54 Å². The number of nitrogens with two attached hydrogens (primary N) is 1. The van der Waals surface area contributed by atoms with Crippen LogP contribution in [-0.4, -0.2) is 45.8 Å². The Labute approximate surface area is 110 Å². The summed E-state index contributed by atoms with van der Waals surface area (Å²) in [6.07, 6.45) is 5.78. The van der Waals surface area contributed by atoms with Gasteiger partial charge in [-0.3, -0.25) is 0 Å². The average Bonchev–Trinajstić information content (AvgIpc) is 2.81. The smallest absolute Gasteiger partial charge is 0.0948 e. The fraction of sp³-hybridized carbons (Fsp3) is 0.769. The largest absolute Gasteiger partial charge is 0.394 e. The molecule has 1 rings (SSSR count). The molecule has 18 heavy (non-hydrogen) atoms. The molecule has 0 aliphatic heterocycles. The first-order valence-corrected chi connectivity index (χ1v) is 6.63. The van der Waals surface area contributed by atoms with Gasteiger partial charge in [0, 0.05) is 18.8 Å². The summed E-state index contributed by atoms with van der Waals surface area (Å²) in [7, 11) is 2.15. The van der Waals surface area contributed by atoms with Crippen LogP contribution in [0.4, 0.5) is 0 Å². The molecule has 1 unspecified atom stereocenters. The molecule has 0 fully saturated rings. The molecule has 0 radical (unpaired) electrons. The van der Waals surface area contributed by atoms with Crippen molar-refractivity contribution in [1.82, 2.24) is 14.5 Å². The van der Waals surface area contributed by atoms with Crippen molar-refractivity contribution in [2.24, 2.45) is 5.73 Å². The summed E-state index contributed by atoms with van der Waals surface area (Å²) in [5.41, 5.74) is 6.72. The zero-order valence-electron chi connectivity index (χ0n) is 11.7. The second kappa shape index (κ2) is 7.51. The number of hydrogen-bond acceptors (Lipinski definition) is 4. The maximum absolute atomic E-state index is 9.06. The zero-order valence-corrected chi connectivity index (χ0v) is 11.7. The van der Waals surface area contributed by atoms with E-state index in [2.05, 4.69) is 30.8 Å².